The molecule has 1 amide bonds. The van der Waals surface area contributed by atoms with Crippen molar-refractivity contribution in [2.45, 2.75) is 95.9 Å². The number of hydrogen-bond donors (Lipinski definition) is 2. The molecule has 290 valence electrons. The van der Waals surface area contributed by atoms with Gasteiger partial charge in [-0.15, -0.1) is 0 Å². The van der Waals surface area contributed by atoms with E-state index in [1.54, 1.807) is 50.2 Å². The van der Waals surface area contributed by atoms with Gasteiger partial charge in [-0.3, -0.25) is 23.7 Å². The lowest BCUT2D eigenvalue weighted by atomic mass is 9.95. The van der Waals surface area contributed by atoms with Crippen LogP contribution in [0.25, 0.3) is 5.52 Å². The molecular weight excluding hydrogens is 725 g/mol. The fraction of sp³-hybridized carbons (Fsp3) is 0.500. The number of esters is 3. The fourth-order valence-corrected chi connectivity index (χ4v) is 7.36. The second kappa shape index (κ2) is 18.0. The van der Waals surface area contributed by atoms with Crippen molar-refractivity contribution in [2.75, 3.05) is 25.1 Å². The molecule has 0 spiro atoms. The number of hydrogen-bond acceptors (Lipinski definition) is 14. The predicted molar refractivity (Wildman–Crippen MR) is 190 cm³/mol. The average Bonchev–Trinajstić information content (AvgIpc) is 3.74. The van der Waals surface area contributed by atoms with Crippen molar-refractivity contribution in [3.05, 3.63) is 60.4 Å². The molecule has 2 N–H and O–H groups in total. The maximum absolute atomic E-state index is 14.5. The summed E-state index contributed by atoms with van der Waals surface area (Å²) in [4.78, 5) is 51.2. The lowest BCUT2D eigenvalue weighted by molar-refractivity contribution is -0.169. The molecule has 2 fully saturated rings. The highest BCUT2D eigenvalue weighted by Crippen LogP contribution is 2.50. The summed E-state index contributed by atoms with van der Waals surface area (Å²) in [6.45, 7) is 6.22. The monoisotopic (exact) mass is 769 g/mol. The zero-order valence-corrected chi connectivity index (χ0v) is 31.3. The Hall–Kier alpha value is -4.85. The largest absolute Gasteiger partial charge is 0.461 e. The quantitative estimate of drug-likeness (QED) is 0.116. The molecule has 3 aromatic rings. The number of amides is 1. The number of nitriles is 1. The van der Waals surface area contributed by atoms with Crippen molar-refractivity contribution >= 4 is 42.8 Å². The number of benzene rings is 1. The van der Waals surface area contributed by atoms with Crippen molar-refractivity contribution in [1.29, 1.82) is 5.26 Å². The van der Waals surface area contributed by atoms with Crippen LogP contribution in [0.5, 0.6) is 5.75 Å². The Morgan fingerprint density at radius 1 is 1.00 bits per heavy atom. The van der Waals surface area contributed by atoms with E-state index in [-0.39, 0.29) is 36.6 Å². The lowest BCUT2D eigenvalue weighted by Crippen LogP contribution is -2.49. The molecule has 2 aliphatic rings. The molecule has 2 aliphatic heterocycles. The van der Waals surface area contributed by atoms with Crippen molar-refractivity contribution in [1.82, 2.24) is 14.7 Å². The first-order valence-corrected chi connectivity index (χ1v) is 19.3. The number of ether oxygens (including phenoxy) is 5. The molecule has 0 saturated carbocycles. The minimum atomic E-state index is -4.59. The van der Waals surface area contributed by atoms with E-state index < -0.39 is 68.3 Å². The minimum absolute atomic E-state index is 0.0695. The first-order chi connectivity index (χ1) is 25.9. The summed E-state index contributed by atoms with van der Waals surface area (Å²) in [5.74, 6) is -2.31. The van der Waals surface area contributed by atoms with Gasteiger partial charge in [0.1, 0.15) is 36.7 Å². The molecular formula is C36H44N5O12P. The zero-order chi connectivity index (χ0) is 38.9. The summed E-state index contributed by atoms with van der Waals surface area (Å²) in [6, 6.07) is 13.7. The smallest absolute Gasteiger partial charge is 0.459 e. The molecule has 2 saturated heterocycles. The zero-order valence-electron chi connectivity index (χ0n) is 30.4. The van der Waals surface area contributed by atoms with Crippen LogP contribution in [0.2, 0.25) is 0 Å². The molecule has 2 aromatic heterocycles. The van der Waals surface area contributed by atoms with Gasteiger partial charge in [-0.2, -0.15) is 15.4 Å². The van der Waals surface area contributed by atoms with Gasteiger partial charge in [0.15, 0.2) is 12.2 Å². The van der Waals surface area contributed by atoms with E-state index >= 15 is 0 Å². The number of para-hydroxylation sites is 1. The van der Waals surface area contributed by atoms with Crippen LogP contribution in [-0.2, 0) is 52.0 Å². The van der Waals surface area contributed by atoms with E-state index in [0.29, 0.717) is 37.3 Å². The fourth-order valence-electron chi connectivity index (χ4n) is 5.84. The summed E-state index contributed by atoms with van der Waals surface area (Å²) < 4.78 is 56.7. The van der Waals surface area contributed by atoms with E-state index in [1.165, 1.54) is 36.7 Å². The van der Waals surface area contributed by atoms with Crippen molar-refractivity contribution in [3.63, 3.8) is 0 Å². The Bertz CT molecular complexity index is 1890. The average molecular weight is 770 g/mol. The Morgan fingerprint density at radius 3 is 2.37 bits per heavy atom. The summed E-state index contributed by atoms with van der Waals surface area (Å²) in [5, 5.41) is 20.6. The molecule has 1 aromatic carbocycles. The molecule has 17 nitrogen and oxygen atoms in total. The number of aromatic nitrogens is 2. The second-order valence-electron chi connectivity index (χ2n) is 12.6. The van der Waals surface area contributed by atoms with E-state index in [0.717, 1.165) is 0 Å². The predicted octanol–water partition coefficient (Wildman–Crippen LogP) is 4.56. The Kier molecular flexibility index (Phi) is 13.4. The van der Waals surface area contributed by atoms with Gasteiger partial charge in [-0.25, -0.2) is 9.08 Å². The van der Waals surface area contributed by atoms with Crippen LogP contribution in [0, 0.1) is 11.3 Å². The third-order valence-corrected chi connectivity index (χ3v) is 10.4. The first kappa shape index (κ1) is 40.3. The number of anilines is 1. The van der Waals surface area contributed by atoms with Crippen LogP contribution < -0.4 is 14.9 Å². The van der Waals surface area contributed by atoms with Crippen LogP contribution in [0.4, 0.5) is 5.69 Å². The lowest BCUT2D eigenvalue weighted by Gasteiger charge is -2.30. The molecule has 0 aliphatic carbocycles. The van der Waals surface area contributed by atoms with Crippen molar-refractivity contribution in [2.24, 2.45) is 0 Å². The second-order valence-corrected chi connectivity index (χ2v) is 14.3. The van der Waals surface area contributed by atoms with Crippen molar-refractivity contribution in [3.8, 4) is 11.8 Å². The topological polar surface area (TPSA) is 215 Å². The number of fused-ring (bicyclic) bond motifs is 1. The summed E-state index contributed by atoms with van der Waals surface area (Å²) >= 11 is 0. The van der Waals surface area contributed by atoms with Gasteiger partial charge in [0, 0.05) is 38.3 Å². The Labute approximate surface area is 312 Å². The number of carbonyl (C=O) groups is 4. The van der Waals surface area contributed by atoms with Gasteiger partial charge in [0.05, 0.1) is 30.1 Å². The highest BCUT2D eigenvalue weighted by molar-refractivity contribution is 7.52. The van der Waals surface area contributed by atoms with E-state index in [9.17, 15) is 29.0 Å². The first-order valence-electron chi connectivity index (χ1n) is 17.7. The van der Waals surface area contributed by atoms with Gasteiger partial charge in [0.2, 0.25) is 11.5 Å². The molecule has 4 heterocycles. The highest BCUT2D eigenvalue weighted by atomic mass is 31.2. The third kappa shape index (κ3) is 9.44. The number of rotatable bonds is 16. The van der Waals surface area contributed by atoms with Gasteiger partial charge >= 0.3 is 25.7 Å². The SMILES string of the molecule is CCC(=O)Nc1ccnn2c([C@@H]3O[C@](C#N)(COP(=O)(N[C@@H](C)C(=O)OC4CCOCC4)Oc4ccccc4)[C@@H](OC(=O)CC)[C@H]3OC(=O)CC)ccc12. The van der Waals surface area contributed by atoms with Crippen molar-refractivity contribution < 1.29 is 56.5 Å². The summed E-state index contributed by atoms with van der Waals surface area (Å²) in [6.07, 6.45) is -2.27. The molecule has 6 atom stereocenters. The number of nitrogens with zero attached hydrogens (tertiary/aromatic N) is 3. The standard InChI is InChI=1S/C36H44N5O12P/c1-5-29(42)39-26-15-18-38-41-27(26)13-14-28(41)32-33(50-30(43)6-2)34(51-31(44)7-3)36(21-37,52-32)22-48-54(46,53-25-11-9-8-10-12-25)40-23(4)35(45)49-24-16-19-47-20-17-24/h8-15,18,23-24,32-34H,5-7,16-17,19-20,22H2,1-4H3,(H,39,42)(H,40,46)/t23-,32-,33-,34-,36+,54?/m0/s1. The molecule has 5 rings (SSSR count). The van der Waals surface area contributed by atoms with Gasteiger partial charge < -0.3 is 33.5 Å². The van der Waals surface area contributed by atoms with Gasteiger partial charge in [0.25, 0.3) is 0 Å². The van der Waals surface area contributed by atoms with E-state index in [2.05, 4.69) is 15.5 Å². The maximum Gasteiger partial charge on any atom is 0.459 e. The minimum Gasteiger partial charge on any atom is -0.461 e. The molecule has 1 unspecified atom stereocenters. The summed E-state index contributed by atoms with van der Waals surface area (Å²) in [5.41, 5.74) is -1.11. The van der Waals surface area contributed by atoms with Crippen LogP contribution in [-0.4, -0.2) is 83.2 Å². The third-order valence-electron chi connectivity index (χ3n) is 8.73. The molecule has 54 heavy (non-hydrogen) atoms. The van der Waals surface area contributed by atoms with E-state index in [4.69, 9.17) is 32.7 Å². The molecule has 18 heteroatoms. The summed E-state index contributed by atoms with van der Waals surface area (Å²) in [7, 11) is -4.59. The molecule has 0 radical (unpaired) electrons. The maximum atomic E-state index is 14.5. The number of carbonyl (C=O) groups excluding carboxylic acids is 4. The highest BCUT2D eigenvalue weighted by Gasteiger charge is 2.62. The van der Waals surface area contributed by atoms with Crippen LogP contribution in [0.15, 0.2) is 54.7 Å². The Morgan fingerprint density at radius 2 is 1.70 bits per heavy atom. The Balaban J connectivity index is 1.51. The van der Waals surface area contributed by atoms with Gasteiger partial charge in [-0.1, -0.05) is 39.0 Å². The number of nitrogens with one attached hydrogen (secondary N) is 2. The van der Waals surface area contributed by atoms with Crippen LogP contribution in [0.3, 0.4) is 0 Å². The van der Waals surface area contributed by atoms with Crippen LogP contribution >= 0.6 is 7.75 Å². The normalized spacial score (nSPS) is 23.1. The molecule has 0 bridgehead atoms. The van der Waals surface area contributed by atoms with E-state index in [1.807, 2.05) is 6.07 Å². The van der Waals surface area contributed by atoms with Gasteiger partial charge in [-0.05, 0) is 37.3 Å². The van der Waals surface area contributed by atoms with Crippen LogP contribution in [0.1, 0.15) is 71.6 Å².